The van der Waals surface area contributed by atoms with Gasteiger partial charge in [-0.2, -0.15) is 5.10 Å². The number of amides is 1. The third-order valence-electron chi connectivity index (χ3n) is 6.26. The lowest BCUT2D eigenvalue weighted by atomic mass is 9.98. The van der Waals surface area contributed by atoms with E-state index in [2.05, 4.69) is 29.4 Å². The molecule has 1 fully saturated rings. The number of hydrogen-bond donors (Lipinski definition) is 1. The summed E-state index contributed by atoms with van der Waals surface area (Å²) in [6.07, 6.45) is 2.82. The van der Waals surface area contributed by atoms with Crippen molar-refractivity contribution in [2.45, 2.75) is 24.8 Å². The van der Waals surface area contributed by atoms with E-state index in [1.807, 2.05) is 24.3 Å². The molecule has 1 saturated heterocycles. The molecular weight excluding hydrogens is 394 g/mol. The summed E-state index contributed by atoms with van der Waals surface area (Å²) in [5.74, 6) is -0.984. The number of rotatable bonds is 4. The molecule has 5 rings (SSSR count). The van der Waals surface area contributed by atoms with E-state index in [9.17, 15) is 9.59 Å². The van der Waals surface area contributed by atoms with Gasteiger partial charge in [-0.15, -0.1) is 0 Å². The monoisotopic (exact) mass is 417 g/mol. The lowest BCUT2D eigenvalue weighted by Gasteiger charge is -2.31. The van der Waals surface area contributed by atoms with Crippen LogP contribution in [0.2, 0.25) is 0 Å². The number of aromatic nitrogens is 2. The minimum absolute atomic E-state index is 0.0407. The van der Waals surface area contributed by atoms with Crippen LogP contribution in [0.15, 0.2) is 60.8 Å². The summed E-state index contributed by atoms with van der Waals surface area (Å²) in [6.45, 7) is 1.43. The number of nitrogens with zero attached hydrogens (tertiary/aromatic N) is 3. The summed E-state index contributed by atoms with van der Waals surface area (Å²) in [5.41, 5.74) is 4.85. The number of fused-ring (bicyclic) bond motifs is 3. The fourth-order valence-corrected chi connectivity index (χ4v) is 4.65. The Hall–Kier alpha value is -3.61. The molecule has 31 heavy (non-hydrogen) atoms. The molecule has 0 atom stereocenters. The SMILES string of the molecule is O=C(O)c1ccn(C2CCN(C(=O)OCC3c4ccccc4-c4ccccc43)CC2)n1. The van der Waals surface area contributed by atoms with Gasteiger partial charge in [0, 0.05) is 25.2 Å². The van der Waals surface area contributed by atoms with Gasteiger partial charge in [0.1, 0.15) is 6.61 Å². The van der Waals surface area contributed by atoms with Crippen molar-refractivity contribution in [3.63, 3.8) is 0 Å². The van der Waals surface area contributed by atoms with Crippen LogP contribution in [-0.2, 0) is 4.74 Å². The van der Waals surface area contributed by atoms with Crippen molar-refractivity contribution in [3.8, 4) is 11.1 Å². The van der Waals surface area contributed by atoms with Crippen molar-refractivity contribution in [3.05, 3.63) is 77.6 Å². The second-order valence-electron chi connectivity index (χ2n) is 8.01. The Labute approximate surface area is 179 Å². The molecule has 1 aliphatic heterocycles. The first-order valence-corrected chi connectivity index (χ1v) is 10.5. The third-order valence-corrected chi connectivity index (χ3v) is 6.26. The molecule has 0 spiro atoms. The Morgan fingerprint density at radius 1 is 0.968 bits per heavy atom. The standard InChI is InChI=1S/C24H23N3O4/c28-23(29)22-11-14-27(25-22)16-9-12-26(13-10-16)24(30)31-15-21-19-7-3-1-5-17(19)18-6-2-4-8-20(18)21/h1-8,11,14,16,21H,9-10,12-13,15H2,(H,28,29). The molecular formula is C24H23N3O4. The van der Waals surface area contributed by atoms with Gasteiger partial charge in [-0.3, -0.25) is 4.68 Å². The summed E-state index contributed by atoms with van der Waals surface area (Å²) in [6, 6.07) is 18.2. The molecule has 1 aromatic heterocycles. The Bertz CT molecular complexity index is 1090. The molecule has 2 aromatic carbocycles. The van der Waals surface area contributed by atoms with E-state index in [1.165, 1.54) is 28.3 Å². The Morgan fingerprint density at radius 3 is 2.16 bits per heavy atom. The van der Waals surface area contributed by atoms with Crippen molar-refractivity contribution < 1.29 is 19.4 Å². The van der Waals surface area contributed by atoms with Gasteiger partial charge in [0.15, 0.2) is 5.69 Å². The van der Waals surface area contributed by atoms with E-state index < -0.39 is 5.97 Å². The molecule has 158 valence electrons. The molecule has 3 aromatic rings. The molecule has 2 heterocycles. The molecule has 7 heteroatoms. The van der Waals surface area contributed by atoms with Gasteiger partial charge in [-0.05, 0) is 41.2 Å². The first kappa shape index (κ1) is 19.4. The summed E-state index contributed by atoms with van der Waals surface area (Å²) >= 11 is 0. The van der Waals surface area contributed by atoms with Crippen molar-refractivity contribution in [2.24, 2.45) is 0 Å². The number of carbonyl (C=O) groups excluding carboxylic acids is 1. The van der Waals surface area contributed by atoms with Crippen molar-refractivity contribution in [1.29, 1.82) is 0 Å². The Kier molecular flexibility index (Phi) is 4.94. The summed E-state index contributed by atoms with van der Waals surface area (Å²) in [4.78, 5) is 25.5. The maximum Gasteiger partial charge on any atom is 0.409 e. The quantitative estimate of drug-likeness (QED) is 0.689. The first-order valence-electron chi connectivity index (χ1n) is 10.5. The van der Waals surface area contributed by atoms with Gasteiger partial charge in [-0.1, -0.05) is 48.5 Å². The van der Waals surface area contributed by atoms with Crippen molar-refractivity contribution in [1.82, 2.24) is 14.7 Å². The number of likely N-dealkylation sites (tertiary alicyclic amines) is 1. The lowest BCUT2D eigenvalue weighted by Crippen LogP contribution is -2.40. The molecule has 0 radical (unpaired) electrons. The van der Waals surface area contributed by atoms with Crippen LogP contribution in [0.3, 0.4) is 0 Å². The molecule has 1 N–H and O–H groups in total. The lowest BCUT2D eigenvalue weighted by molar-refractivity contribution is 0.0688. The van der Waals surface area contributed by atoms with Crippen LogP contribution < -0.4 is 0 Å². The number of carboxylic acid groups (broad SMARTS) is 1. The summed E-state index contributed by atoms with van der Waals surface area (Å²) in [7, 11) is 0. The number of piperidine rings is 1. The van der Waals surface area contributed by atoms with Gasteiger partial charge < -0.3 is 14.7 Å². The fourth-order valence-electron chi connectivity index (χ4n) is 4.65. The van der Waals surface area contributed by atoms with Crippen LogP contribution in [0.25, 0.3) is 11.1 Å². The largest absolute Gasteiger partial charge is 0.476 e. The predicted octanol–water partition coefficient (Wildman–Crippen LogP) is 4.17. The number of carbonyl (C=O) groups is 2. The highest BCUT2D eigenvalue weighted by molar-refractivity contribution is 5.85. The molecule has 7 nitrogen and oxygen atoms in total. The van der Waals surface area contributed by atoms with Crippen molar-refractivity contribution in [2.75, 3.05) is 19.7 Å². The van der Waals surface area contributed by atoms with Gasteiger partial charge >= 0.3 is 12.1 Å². The van der Waals surface area contributed by atoms with Gasteiger partial charge in [0.25, 0.3) is 0 Å². The highest BCUT2D eigenvalue weighted by Crippen LogP contribution is 2.44. The van der Waals surface area contributed by atoms with Crippen LogP contribution in [0.4, 0.5) is 4.79 Å². The molecule has 0 bridgehead atoms. The van der Waals surface area contributed by atoms with Crippen LogP contribution in [0, 0.1) is 0 Å². The van der Waals surface area contributed by atoms with Gasteiger partial charge in [0.05, 0.1) is 6.04 Å². The highest BCUT2D eigenvalue weighted by atomic mass is 16.6. The maximum atomic E-state index is 12.7. The van der Waals surface area contributed by atoms with E-state index in [1.54, 1.807) is 15.8 Å². The number of aromatic carboxylic acids is 1. The third kappa shape index (κ3) is 3.56. The number of ether oxygens (including phenoxy) is 1. The number of benzene rings is 2. The molecule has 2 aliphatic rings. The zero-order chi connectivity index (χ0) is 21.4. The topological polar surface area (TPSA) is 84.7 Å². The number of hydrogen-bond acceptors (Lipinski definition) is 4. The van der Waals surface area contributed by atoms with Crippen LogP contribution in [-0.4, -0.2) is 51.5 Å². The molecule has 0 unspecified atom stereocenters. The molecule has 1 aliphatic carbocycles. The zero-order valence-electron chi connectivity index (χ0n) is 17.0. The van der Waals surface area contributed by atoms with E-state index in [0.29, 0.717) is 32.5 Å². The van der Waals surface area contributed by atoms with Crippen LogP contribution in [0.5, 0.6) is 0 Å². The minimum atomic E-state index is -1.03. The molecule has 1 amide bonds. The maximum absolute atomic E-state index is 12.7. The zero-order valence-corrected chi connectivity index (χ0v) is 17.0. The minimum Gasteiger partial charge on any atom is -0.476 e. The van der Waals surface area contributed by atoms with Crippen LogP contribution >= 0.6 is 0 Å². The van der Waals surface area contributed by atoms with E-state index in [0.717, 1.165) is 0 Å². The van der Waals surface area contributed by atoms with Crippen LogP contribution in [0.1, 0.15) is 46.4 Å². The fraction of sp³-hybridized carbons (Fsp3) is 0.292. The van der Waals surface area contributed by atoms with Gasteiger partial charge in [0.2, 0.25) is 0 Å². The smallest absolute Gasteiger partial charge is 0.409 e. The second-order valence-corrected chi connectivity index (χ2v) is 8.01. The average molecular weight is 417 g/mol. The van der Waals surface area contributed by atoms with E-state index in [-0.39, 0.29) is 23.7 Å². The van der Waals surface area contributed by atoms with E-state index in [4.69, 9.17) is 9.84 Å². The second kappa shape index (κ2) is 7.91. The first-order chi connectivity index (χ1) is 15.1. The Morgan fingerprint density at radius 2 is 1.58 bits per heavy atom. The normalized spacial score (nSPS) is 16.1. The predicted molar refractivity (Wildman–Crippen MR) is 114 cm³/mol. The summed E-state index contributed by atoms with van der Waals surface area (Å²) < 4.78 is 7.44. The highest BCUT2D eigenvalue weighted by Gasteiger charge is 2.31. The van der Waals surface area contributed by atoms with Gasteiger partial charge in [-0.25, -0.2) is 9.59 Å². The molecule has 0 saturated carbocycles. The van der Waals surface area contributed by atoms with E-state index >= 15 is 0 Å². The average Bonchev–Trinajstić information content (AvgIpc) is 3.42. The van der Waals surface area contributed by atoms with Crippen molar-refractivity contribution >= 4 is 12.1 Å². The Balaban J connectivity index is 1.21. The summed E-state index contributed by atoms with van der Waals surface area (Å²) in [5, 5.41) is 13.2. The number of carboxylic acids is 1.